The van der Waals surface area contributed by atoms with E-state index in [0.717, 1.165) is 43.4 Å². The number of anilines is 1. The summed E-state index contributed by atoms with van der Waals surface area (Å²) in [6.07, 6.45) is 4.04. The van der Waals surface area contributed by atoms with Crippen molar-refractivity contribution in [2.45, 2.75) is 51.6 Å². The third-order valence-corrected chi connectivity index (χ3v) is 5.10. The highest BCUT2D eigenvalue weighted by Crippen LogP contribution is 2.24. The van der Waals surface area contributed by atoms with Crippen LogP contribution in [0.4, 0.5) is 5.69 Å². The molecule has 1 atom stereocenters. The van der Waals surface area contributed by atoms with Gasteiger partial charge in [0.25, 0.3) is 0 Å². The van der Waals surface area contributed by atoms with Gasteiger partial charge in [-0.05, 0) is 25.0 Å². The van der Waals surface area contributed by atoms with Gasteiger partial charge in [-0.2, -0.15) is 0 Å². The molecule has 1 aromatic carbocycles. The second-order valence-electron chi connectivity index (χ2n) is 8.43. The van der Waals surface area contributed by atoms with Crippen LogP contribution in [0.1, 0.15) is 45.3 Å². The zero-order valence-electron chi connectivity index (χ0n) is 18.6. The summed E-state index contributed by atoms with van der Waals surface area (Å²) in [4.78, 5) is 11.1. The molecule has 7 nitrogen and oxygen atoms in total. The fraction of sp³-hybridized carbons (Fsp3) is 0.545. The first kappa shape index (κ1) is 24.3. The molecule has 166 valence electrons. The number of halogens is 1. The van der Waals surface area contributed by atoms with Gasteiger partial charge in [-0.1, -0.05) is 26.8 Å². The lowest BCUT2D eigenvalue weighted by Gasteiger charge is -2.35. The molecule has 0 spiro atoms. The SMILES string of the molecule is CN=C(NCc1ncc(C(C)(C)C)o1)NC1CCCN(c2cccc(OC)c2)C1.I. The monoisotopic (exact) mass is 527 g/mol. The first-order valence-corrected chi connectivity index (χ1v) is 10.2. The van der Waals surface area contributed by atoms with Crippen LogP contribution in [0, 0.1) is 0 Å². The molecule has 2 heterocycles. The van der Waals surface area contributed by atoms with Crippen LogP contribution in [0.3, 0.4) is 0 Å². The highest BCUT2D eigenvalue weighted by atomic mass is 127. The van der Waals surface area contributed by atoms with E-state index >= 15 is 0 Å². The maximum atomic E-state index is 5.85. The Bertz CT molecular complexity index is 831. The van der Waals surface area contributed by atoms with Crippen molar-refractivity contribution in [2.75, 3.05) is 32.1 Å². The lowest BCUT2D eigenvalue weighted by molar-refractivity contribution is 0.379. The highest BCUT2D eigenvalue weighted by Gasteiger charge is 2.22. The Morgan fingerprint density at radius 2 is 2.17 bits per heavy atom. The van der Waals surface area contributed by atoms with E-state index in [1.54, 1.807) is 20.4 Å². The van der Waals surface area contributed by atoms with Crippen molar-refractivity contribution in [1.82, 2.24) is 15.6 Å². The van der Waals surface area contributed by atoms with Crippen molar-refractivity contribution in [2.24, 2.45) is 4.99 Å². The van der Waals surface area contributed by atoms with Crippen LogP contribution in [-0.4, -0.2) is 44.2 Å². The van der Waals surface area contributed by atoms with Gasteiger partial charge in [-0.3, -0.25) is 4.99 Å². The molecular formula is C22H34IN5O2. The molecule has 2 aromatic rings. The molecule has 1 saturated heterocycles. The fourth-order valence-corrected chi connectivity index (χ4v) is 3.42. The topological polar surface area (TPSA) is 74.9 Å². The number of benzene rings is 1. The van der Waals surface area contributed by atoms with Crippen molar-refractivity contribution in [3.63, 3.8) is 0 Å². The number of hydrogen-bond donors (Lipinski definition) is 2. The number of rotatable bonds is 5. The van der Waals surface area contributed by atoms with E-state index < -0.39 is 0 Å². The number of aromatic nitrogens is 1. The number of nitrogens with zero attached hydrogens (tertiary/aromatic N) is 3. The second kappa shape index (κ2) is 10.9. The Morgan fingerprint density at radius 1 is 1.37 bits per heavy atom. The van der Waals surface area contributed by atoms with E-state index in [-0.39, 0.29) is 29.4 Å². The maximum Gasteiger partial charge on any atom is 0.213 e. The first-order chi connectivity index (χ1) is 13.9. The quantitative estimate of drug-likeness (QED) is 0.349. The third kappa shape index (κ3) is 6.52. The zero-order chi connectivity index (χ0) is 20.9. The molecule has 1 unspecified atom stereocenters. The number of methoxy groups -OCH3 is 1. The average Bonchev–Trinajstić information content (AvgIpc) is 3.21. The van der Waals surface area contributed by atoms with E-state index in [2.05, 4.69) is 58.4 Å². The summed E-state index contributed by atoms with van der Waals surface area (Å²) in [6.45, 7) is 8.81. The van der Waals surface area contributed by atoms with Crippen LogP contribution in [0.2, 0.25) is 0 Å². The van der Waals surface area contributed by atoms with Crippen molar-refractivity contribution in [3.8, 4) is 5.75 Å². The molecule has 0 amide bonds. The van der Waals surface area contributed by atoms with Gasteiger partial charge in [0.2, 0.25) is 5.89 Å². The Labute approximate surface area is 196 Å². The largest absolute Gasteiger partial charge is 0.497 e. The van der Waals surface area contributed by atoms with E-state index in [9.17, 15) is 0 Å². The third-order valence-electron chi connectivity index (χ3n) is 5.10. The Hall–Kier alpha value is -1.97. The van der Waals surface area contributed by atoms with Crippen LogP contribution in [0.5, 0.6) is 5.75 Å². The van der Waals surface area contributed by atoms with Gasteiger partial charge >= 0.3 is 0 Å². The number of nitrogens with one attached hydrogen (secondary N) is 2. The van der Waals surface area contributed by atoms with Crippen LogP contribution in [-0.2, 0) is 12.0 Å². The van der Waals surface area contributed by atoms with Crippen LogP contribution in [0.25, 0.3) is 0 Å². The van der Waals surface area contributed by atoms with Crippen LogP contribution < -0.4 is 20.3 Å². The summed E-state index contributed by atoms with van der Waals surface area (Å²) in [5.74, 6) is 3.20. The average molecular weight is 527 g/mol. The fourth-order valence-electron chi connectivity index (χ4n) is 3.42. The van der Waals surface area contributed by atoms with Crippen molar-refractivity contribution in [1.29, 1.82) is 0 Å². The molecule has 0 bridgehead atoms. The second-order valence-corrected chi connectivity index (χ2v) is 8.43. The molecule has 3 rings (SSSR count). The zero-order valence-corrected chi connectivity index (χ0v) is 20.9. The van der Waals surface area contributed by atoms with Gasteiger partial charge in [-0.15, -0.1) is 24.0 Å². The van der Waals surface area contributed by atoms with Crippen LogP contribution >= 0.6 is 24.0 Å². The minimum absolute atomic E-state index is 0. The molecule has 0 radical (unpaired) electrons. The number of ether oxygens (including phenoxy) is 1. The lowest BCUT2D eigenvalue weighted by atomic mass is 9.94. The van der Waals surface area contributed by atoms with E-state index in [4.69, 9.17) is 9.15 Å². The molecular weight excluding hydrogens is 493 g/mol. The smallest absolute Gasteiger partial charge is 0.213 e. The predicted octanol–water partition coefficient (Wildman–Crippen LogP) is 3.93. The van der Waals surface area contributed by atoms with E-state index in [1.165, 1.54) is 5.69 Å². The minimum Gasteiger partial charge on any atom is -0.497 e. The predicted molar refractivity (Wildman–Crippen MR) is 132 cm³/mol. The molecule has 0 saturated carbocycles. The first-order valence-electron chi connectivity index (χ1n) is 10.2. The van der Waals surface area contributed by atoms with Gasteiger partial charge in [-0.25, -0.2) is 4.98 Å². The summed E-state index contributed by atoms with van der Waals surface area (Å²) < 4.78 is 11.2. The minimum atomic E-state index is -0.0448. The van der Waals surface area contributed by atoms with Crippen LogP contribution in [0.15, 0.2) is 39.9 Å². The summed E-state index contributed by atoms with van der Waals surface area (Å²) in [5.41, 5.74) is 1.14. The Kier molecular flexibility index (Phi) is 8.81. The standard InChI is InChI=1S/C22H33N5O2.HI/c1-22(2,3)19-13-24-20(29-19)14-25-21(23-4)26-16-8-7-11-27(15-16)17-9-6-10-18(12-17)28-5;/h6,9-10,12-13,16H,7-8,11,14-15H2,1-5H3,(H2,23,25,26);1H. The molecule has 1 aromatic heterocycles. The summed E-state index contributed by atoms with van der Waals surface area (Å²) in [6, 6.07) is 8.55. The summed E-state index contributed by atoms with van der Waals surface area (Å²) >= 11 is 0. The van der Waals surface area contributed by atoms with Crippen molar-refractivity contribution < 1.29 is 9.15 Å². The van der Waals surface area contributed by atoms with Gasteiger partial charge in [0.15, 0.2) is 5.96 Å². The Balaban J connectivity index is 0.00000320. The van der Waals surface area contributed by atoms with Crippen molar-refractivity contribution >= 4 is 35.6 Å². The van der Waals surface area contributed by atoms with Gasteiger partial charge < -0.3 is 24.7 Å². The number of oxazole rings is 1. The van der Waals surface area contributed by atoms with Crippen molar-refractivity contribution in [3.05, 3.63) is 42.1 Å². The summed E-state index contributed by atoms with van der Waals surface area (Å²) in [7, 11) is 3.49. The molecule has 0 aliphatic carbocycles. The number of hydrogen-bond acceptors (Lipinski definition) is 5. The summed E-state index contributed by atoms with van der Waals surface area (Å²) in [5, 5.41) is 6.85. The van der Waals surface area contributed by atoms with Gasteiger partial charge in [0.05, 0.1) is 19.9 Å². The molecule has 30 heavy (non-hydrogen) atoms. The maximum absolute atomic E-state index is 5.85. The Morgan fingerprint density at radius 3 is 2.83 bits per heavy atom. The molecule has 1 aliphatic heterocycles. The molecule has 1 fully saturated rings. The normalized spacial score (nSPS) is 17.3. The number of aliphatic imine (C=N–C) groups is 1. The van der Waals surface area contributed by atoms with Gasteiger partial charge in [0.1, 0.15) is 11.5 Å². The van der Waals surface area contributed by atoms with E-state index in [1.807, 2.05) is 12.1 Å². The number of guanidine groups is 1. The van der Waals surface area contributed by atoms with Gasteiger partial charge in [0, 0.05) is 43.3 Å². The molecule has 1 aliphatic rings. The molecule has 2 N–H and O–H groups in total. The highest BCUT2D eigenvalue weighted by molar-refractivity contribution is 14.0. The molecule has 8 heteroatoms. The lowest BCUT2D eigenvalue weighted by Crippen LogP contribution is -2.51. The number of piperidine rings is 1. The van der Waals surface area contributed by atoms with E-state index in [0.29, 0.717) is 18.5 Å².